The summed E-state index contributed by atoms with van der Waals surface area (Å²) in [7, 11) is 3.55. The molecule has 1 amide bonds. The van der Waals surface area contributed by atoms with Crippen molar-refractivity contribution in [1.29, 1.82) is 0 Å². The van der Waals surface area contributed by atoms with Gasteiger partial charge in [0.2, 0.25) is 0 Å². The van der Waals surface area contributed by atoms with Crippen molar-refractivity contribution in [2.24, 2.45) is 7.05 Å². The van der Waals surface area contributed by atoms with E-state index < -0.39 is 11.7 Å². The van der Waals surface area contributed by atoms with Crippen LogP contribution in [0.4, 0.5) is 10.2 Å². The highest BCUT2D eigenvalue weighted by atomic mass is 19.1. The number of ether oxygens (including phenoxy) is 1. The molecule has 1 aliphatic heterocycles. The number of aromatic nitrogens is 5. The number of imidazole rings is 1. The van der Waals surface area contributed by atoms with Crippen molar-refractivity contribution in [2.75, 3.05) is 19.4 Å². The van der Waals surface area contributed by atoms with Crippen LogP contribution in [0.25, 0.3) is 27.7 Å². The Morgan fingerprint density at radius 3 is 2.86 bits per heavy atom. The van der Waals surface area contributed by atoms with Crippen LogP contribution in [-0.4, -0.2) is 48.6 Å². The number of hydrogen-bond acceptors (Lipinski definition) is 6. The maximum atomic E-state index is 15.1. The van der Waals surface area contributed by atoms with Crippen molar-refractivity contribution < 1.29 is 13.9 Å². The predicted octanol–water partition coefficient (Wildman–Crippen LogP) is 3.60. The summed E-state index contributed by atoms with van der Waals surface area (Å²) in [6.07, 6.45) is 7.47. The Kier molecular flexibility index (Phi) is 4.70. The fraction of sp³-hybridized carbons (Fsp3) is 0.200. The summed E-state index contributed by atoms with van der Waals surface area (Å²) in [5, 5.41) is 4.23. The van der Waals surface area contributed by atoms with Gasteiger partial charge >= 0.3 is 0 Å². The minimum Gasteiger partial charge on any atom is -0.493 e. The Bertz CT molecular complexity index is 1620. The van der Waals surface area contributed by atoms with E-state index in [1.165, 1.54) is 12.1 Å². The summed E-state index contributed by atoms with van der Waals surface area (Å²) in [6.45, 7) is 0.449. The van der Waals surface area contributed by atoms with E-state index in [0.717, 1.165) is 16.7 Å². The number of nitrogens with zero attached hydrogens (tertiary/aromatic N) is 6. The molecule has 1 atom stereocenters. The van der Waals surface area contributed by atoms with Crippen LogP contribution in [0.1, 0.15) is 28.4 Å². The number of hydrogen-bond donors (Lipinski definition) is 1. The third-order valence-corrected chi connectivity index (χ3v) is 6.54. The SMILES string of the molecule is CN(C(=O)c1cc2c(cc1F)nc(N)c1cncn12)[C@@H]1CCOc2cc(-c3cnn(C)c3)ccc21. The lowest BCUT2D eigenvalue weighted by Gasteiger charge is -2.33. The number of carbonyl (C=O) groups is 1. The van der Waals surface area contributed by atoms with Crippen molar-refractivity contribution in [3.05, 3.63) is 72.2 Å². The second-order valence-corrected chi connectivity index (χ2v) is 8.69. The van der Waals surface area contributed by atoms with E-state index >= 15 is 4.39 Å². The highest BCUT2D eigenvalue weighted by Crippen LogP contribution is 2.39. The highest BCUT2D eigenvalue weighted by Gasteiger charge is 2.30. The average molecular weight is 471 g/mol. The van der Waals surface area contributed by atoms with Gasteiger partial charge in [-0.05, 0) is 17.7 Å². The van der Waals surface area contributed by atoms with Gasteiger partial charge in [-0.3, -0.25) is 13.9 Å². The van der Waals surface area contributed by atoms with Gasteiger partial charge in [-0.25, -0.2) is 14.4 Å². The number of rotatable bonds is 3. The third-order valence-electron chi connectivity index (χ3n) is 6.54. The third kappa shape index (κ3) is 3.37. The molecule has 0 spiro atoms. The van der Waals surface area contributed by atoms with Gasteiger partial charge in [0, 0.05) is 43.9 Å². The van der Waals surface area contributed by atoms with Gasteiger partial charge in [-0.15, -0.1) is 0 Å². The van der Waals surface area contributed by atoms with Crippen LogP contribution in [0.5, 0.6) is 5.75 Å². The van der Waals surface area contributed by atoms with Crippen molar-refractivity contribution >= 4 is 28.3 Å². The number of aryl methyl sites for hydroxylation is 1. The molecule has 0 saturated carbocycles. The Morgan fingerprint density at radius 1 is 1.20 bits per heavy atom. The number of halogens is 1. The van der Waals surface area contributed by atoms with Crippen LogP contribution in [0.3, 0.4) is 0 Å². The Morgan fingerprint density at radius 2 is 2.06 bits per heavy atom. The molecule has 176 valence electrons. The Balaban J connectivity index is 1.37. The lowest BCUT2D eigenvalue weighted by atomic mass is 9.96. The molecule has 3 aromatic heterocycles. The minimum atomic E-state index is -0.653. The van der Waals surface area contributed by atoms with E-state index in [-0.39, 0.29) is 17.4 Å². The molecule has 0 saturated heterocycles. The first-order valence-corrected chi connectivity index (χ1v) is 11.1. The molecule has 10 heteroatoms. The van der Waals surface area contributed by atoms with Crippen LogP contribution in [0.15, 0.2) is 55.2 Å². The number of nitrogens with two attached hydrogens (primary N) is 1. The first-order valence-electron chi connectivity index (χ1n) is 11.1. The molecule has 2 aromatic carbocycles. The first kappa shape index (κ1) is 21.1. The maximum Gasteiger partial charge on any atom is 0.257 e. The van der Waals surface area contributed by atoms with Gasteiger partial charge in [0.25, 0.3) is 5.91 Å². The zero-order valence-corrected chi connectivity index (χ0v) is 19.1. The van der Waals surface area contributed by atoms with Crippen LogP contribution >= 0.6 is 0 Å². The monoisotopic (exact) mass is 471 g/mol. The average Bonchev–Trinajstić information content (AvgIpc) is 3.52. The van der Waals surface area contributed by atoms with Gasteiger partial charge in [0.1, 0.15) is 22.9 Å². The number of fused-ring (bicyclic) bond motifs is 4. The largest absolute Gasteiger partial charge is 0.493 e. The van der Waals surface area contributed by atoms with E-state index in [9.17, 15) is 4.79 Å². The zero-order valence-electron chi connectivity index (χ0n) is 19.1. The summed E-state index contributed by atoms with van der Waals surface area (Å²) in [5.74, 6) is -0.125. The summed E-state index contributed by atoms with van der Waals surface area (Å²) in [4.78, 5) is 23.5. The summed E-state index contributed by atoms with van der Waals surface area (Å²) in [6, 6.07) is 8.39. The molecular formula is C25H22FN7O2. The second kappa shape index (κ2) is 7.79. The van der Waals surface area contributed by atoms with E-state index in [2.05, 4.69) is 15.1 Å². The lowest BCUT2D eigenvalue weighted by molar-refractivity contribution is 0.0682. The number of carbonyl (C=O) groups excluding carboxylic acids is 1. The van der Waals surface area contributed by atoms with E-state index in [0.29, 0.717) is 35.3 Å². The smallest absolute Gasteiger partial charge is 0.257 e. The topological polar surface area (TPSA) is 104 Å². The standard InChI is InChI=1S/C25H22FN7O2/c1-31-12-15(10-29-31)14-3-4-16-20(5-6-35-23(16)7-14)32(2)25(34)17-8-21-19(9-18(17)26)30-24(27)22-11-28-13-33(21)22/h3-4,7-13,20H,5-6H2,1-2H3,(H2,27,30)/t20-/m1/s1. The molecule has 0 unspecified atom stereocenters. The van der Waals surface area contributed by atoms with Crippen LogP contribution in [-0.2, 0) is 7.05 Å². The first-order chi connectivity index (χ1) is 16.9. The summed E-state index contributed by atoms with van der Waals surface area (Å²) >= 11 is 0. The molecule has 0 bridgehead atoms. The van der Waals surface area contributed by atoms with Gasteiger partial charge in [0.05, 0.1) is 48.0 Å². The van der Waals surface area contributed by atoms with Gasteiger partial charge in [0.15, 0.2) is 0 Å². The lowest BCUT2D eigenvalue weighted by Crippen LogP contribution is -2.34. The molecule has 2 N–H and O–H groups in total. The fourth-order valence-electron chi connectivity index (χ4n) is 4.72. The van der Waals surface area contributed by atoms with Crippen LogP contribution < -0.4 is 10.5 Å². The van der Waals surface area contributed by atoms with Crippen molar-refractivity contribution in [3.63, 3.8) is 0 Å². The summed E-state index contributed by atoms with van der Waals surface area (Å²) < 4.78 is 24.5. The Labute approximate surface area is 199 Å². The van der Waals surface area contributed by atoms with E-state index in [1.54, 1.807) is 39.8 Å². The molecule has 0 radical (unpaired) electrons. The van der Waals surface area contributed by atoms with Crippen molar-refractivity contribution in [3.8, 4) is 16.9 Å². The second-order valence-electron chi connectivity index (χ2n) is 8.69. The van der Waals surface area contributed by atoms with Crippen molar-refractivity contribution in [2.45, 2.75) is 12.5 Å². The van der Waals surface area contributed by atoms with E-state index in [4.69, 9.17) is 10.5 Å². The maximum absolute atomic E-state index is 15.1. The van der Waals surface area contributed by atoms with Gasteiger partial charge in [-0.1, -0.05) is 12.1 Å². The van der Waals surface area contributed by atoms with Gasteiger partial charge < -0.3 is 15.4 Å². The molecule has 5 aromatic rings. The molecule has 1 aliphatic rings. The number of anilines is 1. The molecule has 0 aliphatic carbocycles. The minimum absolute atomic E-state index is 0.0402. The summed E-state index contributed by atoms with van der Waals surface area (Å²) in [5.41, 5.74) is 10.3. The van der Waals surface area contributed by atoms with Crippen LogP contribution in [0.2, 0.25) is 0 Å². The number of benzene rings is 2. The molecule has 9 nitrogen and oxygen atoms in total. The Hall–Kier alpha value is -4.47. The molecule has 4 heterocycles. The number of nitrogen functional groups attached to an aromatic ring is 1. The van der Waals surface area contributed by atoms with E-state index in [1.807, 2.05) is 31.4 Å². The molecule has 0 fully saturated rings. The molecule has 35 heavy (non-hydrogen) atoms. The van der Waals surface area contributed by atoms with Gasteiger partial charge in [-0.2, -0.15) is 5.10 Å². The number of amides is 1. The quantitative estimate of drug-likeness (QED) is 0.431. The highest BCUT2D eigenvalue weighted by molar-refractivity contribution is 5.98. The normalized spacial score (nSPS) is 15.2. The van der Waals surface area contributed by atoms with Crippen LogP contribution in [0, 0.1) is 5.82 Å². The predicted molar refractivity (Wildman–Crippen MR) is 128 cm³/mol. The van der Waals surface area contributed by atoms with Crippen molar-refractivity contribution in [1.82, 2.24) is 29.0 Å². The molecule has 6 rings (SSSR count). The molecular weight excluding hydrogens is 449 g/mol. The zero-order chi connectivity index (χ0) is 24.3. The fourth-order valence-corrected chi connectivity index (χ4v) is 4.72.